The van der Waals surface area contributed by atoms with Crippen LogP contribution in [0.15, 0.2) is 0 Å². The molecule has 5 nitrogen and oxygen atoms in total. The summed E-state index contributed by atoms with van der Waals surface area (Å²) < 4.78 is 0. The monoisotopic (exact) mass is 289 g/mol. The second-order valence-corrected chi connectivity index (χ2v) is 6.40. The third-order valence-corrected chi connectivity index (χ3v) is 4.99. The molecular weight excluding hydrogens is 266 g/mol. The highest BCUT2D eigenvalue weighted by Gasteiger charge is 2.35. The fraction of sp³-hybridized carbons (Fsp3) is 0.625. The Morgan fingerprint density at radius 2 is 1.90 bits per heavy atom. The van der Waals surface area contributed by atoms with Crippen LogP contribution >= 0.6 is 0 Å². The first-order valence-corrected chi connectivity index (χ1v) is 7.70. The van der Waals surface area contributed by atoms with Crippen molar-refractivity contribution < 1.29 is 9.59 Å². The Hall–Kier alpha value is -1.62. The molecule has 1 aromatic rings. The van der Waals surface area contributed by atoms with Crippen LogP contribution in [0.3, 0.4) is 0 Å². The van der Waals surface area contributed by atoms with Gasteiger partial charge in [0.15, 0.2) is 5.78 Å². The van der Waals surface area contributed by atoms with Crippen molar-refractivity contribution in [2.24, 2.45) is 5.92 Å². The molecule has 3 aliphatic heterocycles. The van der Waals surface area contributed by atoms with Gasteiger partial charge >= 0.3 is 0 Å². The number of ketones is 1. The summed E-state index contributed by atoms with van der Waals surface area (Å²) in [6.45, 7) is 8.49. The quantitative estimate of drug-likeness (QED) is 0.832. The molecule has 0 spiro atoms. The first kappa shape index (κ1) is 14.3. The molecule has 1 aromatic heterocycles. The fourth-order valence-electron chi connectivity index (χ4n) is 3.81. The molecule has 0 radical (unpaired) electrons. The van der Waals surface area contributed by atoms with E-state index >= 15 is 0 Å². The van der Waals surface area contributed by atoms with Crippen molar-refractivity contribution in [2.75, 3.05) is 19.6 Å². The number of nitrogens with one attached hydrogen (secondary N) is 2. The highest BCUT2D eigenvalue weighted by molar-refractivity contribution is 6.02. The average Bonchev–Trinajstić information content (AvgIpc) is 2.75. The van der Waals surface area contributed by atoms with Crippen LogP contribution in [0.5, 0.6) is 0 Å². The Labute approximate surface area is 125 Å². The maximum atomic E-state index is 12.6. The summed E-state index contributed by atoms with van der Waals surface area (Å²) >= 11 is 0. The van der Waals surface area contributed by atoms with Gasteiger partial charge in [-0.15, -0.1) is 0 Å². The summed E-state index contributed by atoms with van der Waals surface area (Å²) in [4.78, 5) is 29.6. The van der Waals surface area contributed by atoms with Gasteiger partial charge in [0, 0.05) is 25.2 Å². The first-order chi connectivity index (χ1) is 9.97. The van der Waals surface area contributed by atoms with Gasteiger partial charge in [-0.25, -0.2) is 0 Å². The van der Waals surface area contributed by atoms with Gasteiger partial charge in [-0.1, -0.05) is 0 Å². The van der Waals surface area contributed by atoms with Crippen molar-refractivity contribution >= 4 is 11.7 Å². The maximum absolute atomic E-state index is 12.6. The van der Waals surface area contributed by atoms with Gasteiger partial charge in [-0.05, 0) is 51.3 Å². The van der Waals surface area contributed by atoms with Crippen LogP contribution in [-0.2, 0) is 0 Å². The summed E-state index contributed by atoms with van der Waals surface area (Å²) in [5, 5.41) is 3.19. The molecule has 1 amide bonds. The van der Waals surface area contributed by atoms with Crippen LogP contribution in [0, 0.1) is 19.8 Å². The molecule has 2 N–H and O–H groups in total. The molecule has 4 heterocycles. The van der Waals surface area contributed by atoms with E-state index in [1.165, 1.54) is 19.8 Å². The van der Waals surface area contributed by atoms with Gasteiger partial charge in [-0.2, -0.15) is 0 Å². The second kappa shape index (κ2) is 5.30. The largest absolute Gasteiger partial charge is 0.355 e. The zero-order valence-electron chi connectivity index (χ0n) is 13.0. The molecule has 114 valence electrons. The number of fused-ring (bicyclic) bond motifs is 3. The minimum Gasteiger partial charge on any atom is -0.355 e. The molecule has 3 aliphatic rings. The number of nitrogens with zero attached hydrogens (tertiary/aromatic N) is 1. The second-order valence-electron chi connectivity index (χ2n) is 6.40. The van der Waals surface area contributed by atoms with E-state index < -0.39 is 0 Å². The van der Waals surface area contributed by atoms with Crippen LogP contribution in [0.4, 0.5) is 0 Å². The number of hydrogen-bond donors (Lipinski definition) is 2. The Kier molecular flexibility index (Phi) is 3.61. The van der Waals surface area contributed by atoms with Crippen molar-refractivity contribution in [3.8, 4) is 0 Å². The summed E-state index contributed by atoms with van der Waals surface area (Å²) in [5.41, 5.74) is 2.72. The third-order valence-electron chi connectivity index (χ3n) is 4.99. The Bertz CT molecular complexity index is 583. The van der Waals surface area contributed by atoms with Crippen molar-refractivity contribution in [3.05, 3.63) is 22.5 Å². The first-order valence-electron chi connectivity index (χ1n) is 7.70. The Morgan fingerprint density at radius 1 is 1.24 bits per heavy atom. The van der Waals surface area contributed by atoms with E-state index in [-0.39, 0.29) is 17.7 Å². The molecule has 1 atom stereocenters. The number of Topliss-reactive ketones (excluding diaryl/α,β-unsaturated/α-hetero) is 1. The van der Waals surface area contributed by atoms with Gasteiger partial charge in [0.25, 0.3) is 5.91 Å². The van der Waals surface area contributed by atoms with E-state index in [1.54, 1.807) is 0 Å². The van der Waals surface area contributed by atoms with Crippen LogP contribution in [-0.4, -0.2) is 47.3 Å². The maximum Gasteiger partial charge on any atom is 0.253 e. The lowest BCUT2D eigenvalue weighted by Gasteiger charge is -2.44. The molecule has 0 aliphatic carbocycles. The zero-order chi connectivity index (χ0) is 15.1. The highest BCUT2D eigenvalue weighted by atomic mass is 16.2. The Morgan fingerprint density at radius 3 is 2.38 bits per heavy atom. The van der Waals surface area contributed by atoms with E-state index in [1.807, 2.05) is 13.8 Å². The minimum atomic E-state index is -0.0486. The number of H-pyrrole nitrogens is 1. The van der Waals surface area contributed by atoms with Crippen LogP contribution in [0.25, 0.3) is 0 Å². The molecule has 0 saturated carbocycles. The van der Waals surface area contributed by atoms with E-state index in [9.17, 15) is 9.59 Å². The minimum absolute atomic E-state index is 0.0301. The van der Waals surface area contributed by atoms with Crippen molar-refractivity contribution in [1.82, 2.24) is 15.2 Å². The lowest BCUT2D eigenvalue weighted by Crippen LogP contribution is -2.57. The van der Waals surface area contributed by atoms with Gasteiger partial charge in [0.05, 0.1) is 11.3 Å². The van der Waals surface area contributed by atoms with Crippen molar-refractivity contribution in [3.63, 3.8) is 0 Å². The lowest BCUT2D eigenvalue weighted by atomic mass is 9.84. The standard InChI is InChI=1S/C16H23N3O2/c1-9-14(10(2)17-15(9)11(3)20)16(21)18-13-8-19-6-4-12(13)5-7-19/h12-13,17H,4-8H2,1-3H3,(H,18,21). The lowest BCUT2D eigenvalue weighted by molar-refractivity contribution is 0.0620. The fourth-order valence-corrected chi connectivity index (χ4v) is 3.81. The van der Waals surface area contributed by atoms with Crippen molar-refractivity contribution in [1.29, 1.82) is 0 Å². The number of aryl methyl sites for hydroxylation is 1. The number of amides is 1. The van der Waals surface area contributed by atoms with Crippen LogP contribution in [0.1, 0.15) is 51.9 Å². The molecule has 4 rings (SSSR count). The predicted octanol–water partition coefficient (Wildman–Crippen LogP) is 1.66. The van der Waals surface area contributed by atoms with Gasteiger partial charge in [-0.3, -0.25) is 9.59 Å². The molecule has 2 bridgehead atoms. The third kappa shape index (κ3) is 2.50. The average molecular weight is 289 g/mol. The topological polar surface area (TPSA) is 65.2 Å². The van der Waals surface area contributed by atoms with E-state index in [4.69, 9.17) is 0 Å². The Balaban J connectivity index is 1.78. The van der Waals surface area contributed by atoms with E-state index in [0.29, 0.717) is 17.2 Å². The van der Waals surface area contributed by atoms with Crippen LogP contribution < -0.4 is 5.32 Å². The molecule has 3 saturated heterocycles. The smallest absolute Gasteiger partial charge is 0.253 e. The van der Waals surface area contributed by atoms with Gasteiger partial charge < -0.3 is 15.2 Å². The summed E-state index contributed by atoms with van der Waals surface area (Å²) in [6, 6.07) is 0.245. The normalized spacial score (nSPS) is 27.7. The number of aromatic amines is 1. The summed E-state index contributed by atoms with van der Waals surface area (Å²) in [6.07, 6.45) is 2.35. The number of aromatic nitrogens is 1. The number of rotatable bonds is 3. The zero-order valence-corrected chi connectivity index (χ0v) is 13.0. The number of piperidine rings is 3. The number of carbonyl (C=O) groups is 2. The van der Waals surface area contributed by atoms with Gasteiger partial charge in [0.1, 0.15) is 0 Å². The molecule has 5 heteroatoms. The molecule has 21 heavy (non-hydrogen) atoms. The molecular formula is C16H23N3O2. The SMILES string of the molecule is CC(=O)c1[nH]c(C)c(C(=O)NC2CN3CCC2CC3)c1C. The summed E-state index contributed by atoms with van der Waals surface area (Å²) in [7, 11) is 0. The molecule has 1 unspecified atom stereocenters. The number of hydrogen-bond acceptors (Lipinski definition) is 3. The van der Waals surface area contributed by atoms with Crippen LogP contribution in [0.2, 0.25) is 0 Å². The highest BCUT2D eigenvalue weighted by Crippen LogP contribution is 2.28. The van der Waals surface area contributed by atoms with Gasteiger partial charge in [0.2, 0.25) is 0 Å². The van der Waals surface area contributed by atoms with E-state index in [0.717, 1.165) is 30.9 Å². The van der Waals surface area contributed by atoms with E-state index in [2.05, 4.69) is 15.2 Å². The molecule has 3 fully saturated rings. The van der Waals surface area contributed by atoms with Crippen molar-refractivity contribution in [2.45, 2.75) is 39.7 Å². The molecule has 0 aromatic carbocycles. The summed E-state index contributed by atoms with van der Waals surface area (Å²) in [5.74, 6) is 0.524. The number of carbonyl (C=O) groups excluding carboxylic acids is 2. The predicted molar refractivity (Wildman–Crippen MR) is 80.7 cm³/mol.